The molecule has 0 bridgehead atoms. The molecule has 2 aromatic heterocycles. The quantitative estimate of drug-likeness (QED) is 0.862. The molecule has 118 valence electrons. The van der Waals surface area contributed by atoms with Gasteiger partial charge in [-0.2, -0.15) is 4.98 Å². The molecule has 4 rings (SSSR count). The highest BCUT2D eigenvalue weighted by Gasteiger charge is 2.29. The summed E-state index contributed by atoms with van der Waals surface area (Å²) in [6, 6.07) is 0. The third-order valence-electron chi connectivity index (χ3n) is 4.25. The van der Waals surface area contributed by atoms with Gasteiger partial charge in [0, 0.05) is 37.5 Å². The number of thiazole rings is 1. The molecule has 0 amide bonds. The van der Waals surface area contributed by atoms with Crippen molar-refractivity contribution in [1.29, 1.82) is 0 Å². The fourth-order valence-corrected chi connectivity index (χ4v) is 3.70. The lowest BCUT2D eigenvalue weighted by atomic mass is 10.4. The van der Waals surface area contributed by atoms with Crippen LogP contribution in [0.15, 0.2) is 9.90 Å². The summed E-state index contributed by atoms with van der Waals surface area (Å²) in [5.41, 5.74) is 1.11. The largest absolute Gasteiger partial charge is 0.347 e. The van der Waals surface area contributed by atoms with Gasteiger partial charge < -0.3 is 9.42 Å². The number of aryl methyl sites for hydroxylation is 1. The van der Waals surface area contributed by atoms with Crippen LogP contribution in [0.25, 0.3) is 0 Å². The van der Waals surface area contributed by atoms with Crippen LogP contribution in [0.3, 0.4) is 0 Å². The smallest absolute Gasteiger partial charge is 0.240 e. The molecule has 1 aliphatic carbocycles. The van der Waals surface area contributed by atoms with Crippen molar-refractivity contribution in [2.24, 2.45) is 0 Å². The predicted octanol–water partition coefficient (Wildman–Crippen LogP) is 2.42. The fourth-order valence-electron chi connectivity index (χ4n) is 2.84. The summed E-state index contributed by atoms with van der Waals surface area (Å²) in [5.74, 6) is 2.23. The Morgan fingerprint density at radius 3 is 2.91 bits per heavy atom. The normalized spacial score (nSPS) is 20.3. The van der Waals surface area contributed by atoms with Crippen molar-refractivity contribution in [3.8, 4) is 0 Å². The first-order chi connectivity index (χ1) is 10.8. The van der Waals surface area contributed by atoms with Crippen LogP contribution in [0.4, 0.5) is 5.13 Å². The number of hydrogen-bond donors (Lipinski definition) is 0. The van der Waals surface area contributed by atoms with E-state index < -0.39 is 0 Å². The van der Waals surface area contributed by atoms with Crippen LogP contribution < -0.4 is 4.90 Å². The van der Waals surface area contributed by atoms with Crippen LogP contribution >= 0.6 is 11.3 Å². The Bertz CT molecular complexity index is 635. The summed E-state index contributed by atoms with van der Waals surface area (Å²) in [7, 11) is 0. The average molecular weight is 319 g/mol. The molecule has 2 fully saturated rings. The third-order valence-corrected chi connectivity index (χ3v) is 5.27. The van der Waals surface area contributed by atoms with Crippen molar-refractivity contribution in [1.82, 2.24) is 20.0 Å². The summed E-state index contributed by atoms with van der Waals surface area (Å²) >= 11 is 1.74. The number of nitrogens with zero attached hydrogens (tertiary/aromatic N) is 5. The van der Waals surface area contributed by atoms with Crippen LogP contribution in [0, 0.1) is 6.92 Å². The maximum absolute atomic E-state index is 5.40. The van der Waals surface area contributed by atoms with Crippen molar-refractivity contribution in [3.63, 3.8) is 0 Å². The van der Waals surface area contributed by atoms with Gasteiger partial charge in [-0.25, -0.2) is 4.98 Å². The van der Waals surface area contributed by atoms with Gasteiger partial charge in [-0.3, -0.25) is 4.90 Å². The molecule has 0 spiro atoms. The molecule has 3 heterocycles. The number of anilines is 1. The molecule has 2 aromatic rings. The van der Waals surface area contributed by atoms with Gasteiger partial charge in [0.1, 0.15) is 0 Å². The summed E-state index contributed by atoms with van der Waals surface area (Å²) in [6.45, 7) is 6.99. The summed E-state index contributed by atoms with van der Waals surface area (Å²) < 4.78 is 5.40. The van der Waals surface area contributed by atoms with Crippen LogP contribution in [0.2, 0.25) is 0 Å². The third kappa shape index (κ3) is 3.15. The van der Waals surface area contributed by atoms with Crippen molar-refractivity contribution in [2.45, 2.75) is 38.6 Å². The first-order valence-corrected chi connectivity index (χ1v) is 8.88. The van der Waals surface area contributed by atoms with E-state index >= 15 is 0 Å². The Labute approximate surface area is 134 Å². The molecule has 1 aliphatic heterocycles. The maximum atomic E-state index is 5.40. The number of rotatable bonds is 4. The minimum absolute atomic E-state index is 0.560. The summed E-state index contributed by atoms with van der Waals surface area (Å²) in [5, 5.41) is 7.37. The molecule has 0 unspecified atom stereocenters. The highest BCUT2D eigenvalue weighted by Crippen LogP contribution is 2.38. The van der Waals surface area contributed by atoms with Gasteiger partial charge in [-0.05, 0) is 26.2 Å². The zero-order chi connectivity index (χ0) is 14.9. The van der Waals surface area contributed by atoms with Crippen molar-refractivity contribution >= 4 is 16.5 Å². The van der Waals surface area contributed by atoms with Crippen molar-refractivity contribution < 1.29 is 4.52 Å². The second kappa shape index (κ2) is 5.96. The van der Waals surface area contributed by atoms with Gasteiger partial charge in [-0.15, -0.1) is 11.3 Å². The van der Waals surface area contributed by atoms with E-state index in [1.54, 1.807) is 11.3 Å². The lowest BCUT2D eigenvalue weighted by Crippen LogP contribution is -2.30. The van der Waals surface area contributed by atoms with E-state index in [4.69, 9.17) is 4.52 Å². The second-order valence-electron chi connectivity index (χ2n) is 6.21. The topological polar surface area (TPSA) is 58.3 Å². The highest BCUT2D eigenvalue weighted by molar-refractivity contribution is 7.13. The minimum atomic E-state index is 0.560. The summed E-state index contributed by atoms with van der Waals surface area (Å²) in [4.78, 5) is 13.9. The molecule has 0 radical (unpaired) electrons. The molecule has 0 N–H and O–H groups in total. The summed E-state index contributed by atoms with van der Waals surface area (Å²) in [6.07, 6.45) is 3.57. The molecule has 1 saturated carbocycles. The zero-order valence-corrected chi connectivity index (χ0v) is 13.7. The molecule has 7 heteroatoms. The Morgan fingerprint density at radius 1 is 1.23 bits per heavy atom. The van der Waals surface area contributed by atoms with E-state index in [9.17, 15) is 0 Å². The molecule has 6 nitrogen and oxygen atoms in total. The Kier molecular flexibility index (Phi) is 3.83. The van der Waals surface area contributed by atoms with Crippen LogP contribution in [-0.2, 0) is 6.54 Å². The molecule has 0 aromatic carbocycles. The molecule has 0 atom stereocenters. The maximum Gasteiger partial charge on any atom is 0.240 e. The first kappa shape index (κ1) is 14.1. The number of hydrogen-bond acceptors (Lipinski definition) is 7. The molecule has 1 saturated heterocycles. The Morgan fingerprint density at radius 2 is 2.14 bits per heavy atom. The van der Waals surface area contributed by atoms with Gasteiger partial charge in [0.2, 0.25) is 5.89 Å². The van der Waals surface area contributed by atoms with E-state index in [1.807, 2.05) is 0 Å². The monoisotopic (exact) mass is 319 g/mol. The lowest BCUT2D eigenvalue weighted by Gasteiger charge is -2.20. The van der Waals surface area contributed by atoms with E-state index in [1.165, 1.54) is 12.8 Å². The first-order valence-electron chi connectivity index (χ1n) is 8.00. The van der Waals surface area contributed by atoms with E-state index in [2.05, 4.69) is 37.2 Å². The molecular weight excluding hydrogens is 298 g/mol. The zero-order valence-electron chi connectivity index (χ0n) is 12.9. The van der Waals surface area contributed by atoms with Crippen molar-refractivity contribution in [3.05, 3.63) is 22.8 Å². The fraction of sp³-hybridized carbons (Fsp3) is 0.667. The van der Waals surface area contributed by atoms with Crippen LogP contribution in [0.1, 0.15) is 42.6 Å². The molecular formula is C15H21N5OS. The Balaban J connectivity index is 1.35. The average Bonchev–Trinajstić information content (AvgIpc) is 3.18. The van der Waals surface area contributed by atoms with Gasteiger partial charge in [0.25, 0.3) is 0 Å². The second-order valence-corrected chi connectivity index (χ2v) is 7.05. The Hall–Kier alpha value is -1.47. The van der Waals surface area contributed by atoms with E-state index in [0.717, 1.165) is 61.7 Å². The van der Waals surface area contributed by atoms with Crippen molar-refractivity contribution in [2.75, 3.05) is 31.1 Å². The standard InChI is InChI=1S/C15H21N5OS/c1-11-10-22-15(16-11)20-6-2-5-19(7-8-20)9-13-17-14(18-21-13)12-3-4-12/h10,12H,2-9H2,1H3. The minimum Gasteiger partial charge on any atom is -0.347 e. The van der Waals surface area contributed by atoms with E-state index in [0.29, 0.717) is 5.92 Å². The van der Waals surface area contributed by atoms with E-state index in [-0.39, 0.29) is 0 Å². The molecule has 22 heavy (non-hydrogen) atoms. The predicted molar refractivity (Wildman–Crippen MR) is 85.2 cm³/mol. The molecule has 2 aliphatic rings. The van der Waals surface area contributed by atoms with Gasteiger partial charge in [0.15, 0.2) is 11.0 Å². The van der Waals surface area contributed by atoms with Crippen LogP contribution in [-0.4, -0.2) is 46.2 Å². The van der Waals surface area contributed by atoms with Crippen LogP contribution in [0.5, 0.6) is 0 Å². The lowest BCUT2D eigenvalue weighted by molar-refractivity contribution is 0.239. The van der Waals surface area contributed by atoms with Gasteiger partial charge in [0.05, 0.1) is 12.2 Å². The SMILES string of the molecule is Cc1csc(N2CCCN(Cc3nc(C4CC4)no3)CC2)n1. The number of aromatic nitrogens is 3. The van der Waals surface area contributed by atoms with Gasteiger partial charge in [-0.1, -0.05) is 5.16 Å². The highest BCUT2D eigenvalue weighted by atomic mass is 32.1. The van der Waals surface area contributed by atoms with Gasteiger partial charge >= 0.3 is 0 Å².